The predicted molar refractivity (Wildman–Crippen MR) is 67.2 cm³/mol. The van der Waals surface area contributed by atoms with Crippen molar-refractivity contribution in [1.82, 2.24) is 10.2 Å². The largest absolute Gasteiger partial charge is 0.481 e. The maximum atomic E-state index is 12.5. The Labute approximate surface area is 108 Å². The minimum Gasteiger partial charge on any atom is -0.481 e. The molecule has 2 heterocycles. The smallest absolute Gasteiger partial charge is 0.308 e. The maximum absolute atomic E-state index is 12.5. The molecule has 0 radical (unpaired) electrons. The van der Waals surface area contributed by atoms with Crippen molar-refractivity contribution in [3.8, 4) is 0 Å². The molecular weight excluding hydrogens is 232 g/mol. The molecule has 1 unspecified atom stereocenters. The number of piperidine rings is 2. The zero-order valence-corrected chi connectivity index (χ0v) is 10.9. The third kappa shape index (κ3) is 2.66. The number of rotatable bonds is 2. The Bertz CT molecular complexity index is 337. The Morgan fingerprint density at radius 2 is 2.11 bits per heavy atom. The molecule has 18 heavy (non-hydrogen) atoms. The van der Waals surface area contributed by atoms with Crippen LogP contribution in [0.15, 0.2) is 0 Å². The van der Waals surface area contributed by atoms with Crippen molar-refractivity contribution in [2.45, 2.75) is 44.6 Å². The lowest BCUT2D eigenvalue weighted by Gasteiger charge is -2.40. The van der Waals surface area contributed by atoms with Crippen molar-refractivity contribution in [2.75, 3.05) is 19.6 Å². The van der Waals surface area contributed by atoms with Gasteiger partial charge in [-0.15, -0.1) is 0 Å². The van der Waals surface area contributed by atoms with E-state index in [1.54, 1.807) is 4.90 Å². The van der Waals surface area contributed by atoms with Crippen LogP contribution < -0.4 is 5.32 Å². The highest BCUT2D eigenvalue weighted by atomic mass is 16.4. The van der Waals surface area contributed by atoms with E-state index in [0.29, 0.717) is 19.5 Å². The number of amides is 1. The fourth-order valence-corrected chi connectivity index (χ4v) is 2.95. The van der Waals surface area contributed by atoms with E-state index in [0.717, 1.165) is 32.2 Å². The highest BCUT2D eigenvalue weighted by molar-refractivity contribution is 5.86. The number of hydrogen-bond donors (Lipinski definition) is 2. The first kappa shape index (κ1) is 13.3. The van der Waals surface area contributed by atoms with E-state index >= 15 is 0 Å². The van der Waals surface area contributed by atoms with Gasteiger partial charge in [-0.25, -0.2) is 0 Å². The number of likely N-dealkylation sites (tertiary alicyclic amines) is 1. The molecule has 0 bridgehead atoms. The average molecular weight is 254 g/mol. The van der Waals surface area contributed by atoms with Crippen LogP contribution in [0.1, 0.15) is 39.0 Å². The molecule has 102 valence electrons. The number of carboxylic acid groups (broad SMARTS) is 1. The van der Waals surface area contributed by atoms with Crippen LogP contribution in [0.2, 0.25) is 0 Å². The van der Waals surface area contributed by atoms with Crippen LogP contribution >= 0.6 is 0 Å². The molecule has 2 aliphatic rings. The summed E-state index contributed by atoms with van der Waals surface area (Å²) in [5, 5.41) is 12.4. The van der Waals surface area contributed by atoms with Gasteiger partial charge in [0.15, 0.2) is 0 Å². The summed E-state index contributed by atoms with van der Waals surface area (Å²) >= 11 is 0. The summed E-state index contributed by atoms with van der Waals surface area (Å²) in [4.78, 5) is 25.3. The van der Waals surface area contributed by atoms with Gasteiger partial charge in [0.2, 0.25) is 5.91 Å². The van der Waals surface area contributed by atoms with E-state index in [1.165, 1.54) is 0 Å². The number of aliphatic carboxylic acids is 1. The lowest BCUT2D eigenvalue weighted by Crippen LogP contribution is -2.59. The van der Waals surface area contributed by atoms with E-state index in [4.69, 9.17) is 5.11 Å². The van der Waals surface area contributed by atoms with E-state index < -0.39 is 17.4 Å². The number of carboxylic acids is 1. The Morgan fingerprint density at radius 3 is 2.72 bits per heavy atom. The molecule has 0 aromatic heterocycles. The second kappa shape index (κ2) is 5.26. The molecule has 5 heteroatoms. The summed E-state index contributed by atoms with van der Waals surface area (Å²) in [7, 11) is 0. The van der Waals surface area contributed by atoms with Crippen LogP contribution in [0.3, 0.4) is 0 Å². The van der Waals surface area contributed by atoms with Crippen molar-refractivity contribution in [1.29, 1.82) is 0 Å². The van der Waals surface area contributed by atoms with E-state index in [-0.39, 0.29) is 5.91 Å². The van der Waals surface area contributed by atoms with Crippen LogP contribution in [-0.2, 0) is 9.59 Å². The van der Waals surface area contributed by atoms with Gasteiger partial charge in [0.05, 0.1) is 11.5 Å². The van der Waals surface area contributed by atoms with Gasteiger partial charge in [-0.1, -0.05) is 0 Å². The lowest BCUT2D eigenvalue weighted by molar-refractivity contribution is -0.148. The SMILES string of the molecule is CC1(C(=O)N2CCC[C@H](C(=O)O)C2)CCCCN1. The third-order valence-electron chi connectivity index (χ3n) is 4.15. The first-order valence-corrected chi connectivity index (χ1v) is 6.80. The number of nitrogens with zero attached hydrogens (tertiary/aromatic N) is 1. The molecule has 0 saturated carbocycles. The molecule has 2 saturated heterocycles. The first-order valence-electron chi connectivity index (χ1n) is 6.80. The Balaban J connectivity index is 2.01. The second-order valence-electron chi connectivity index (χ2n) is 5.64. The minimum absolute atomic E-state index is 0.0770. The van der Waals surface area contributed by atoms with Gasteiger partial charge in [0.25, 0.3) is 0 Å². The Kier molecular flexibility index (Phi) is 3.90. The lowest BCUT2D eigenvalue weighted by atomic mass is 9.88. The molecule has 0 spiro atoms. The van der Waals surface area contributed by atoms with E-state index in [9.17, 15) is 9.59 Å². The molecule has 2 aliphatic heterocycles. The molecule has 0 aromatic rings. The molecule has 1 amide bonds. The topological polar surface area (TPSA) is 69.6 Å². The van der Waals surface area contributed by atoms with Gasteiger partial charge < -0.3 is 15.3 Å². The average Bonchev–Trinajstić information content (AvgIpc) is 2.39. The quantitative estimate of drug-likeness (QED) is 0.766. The summed E-state index contributed by atoms with van der Waals surface area (Å²) in [6.45, 7) is 3.88. The van der Waals surface area contributed by atoms with Crippen molar-refractivity contribution in [3.63, 3.8) is 0 Å². The number of carbonyl (C=O) groups is 2. The fourth-order valence-electron chi connectivity index (χ4n) is 2.95. The predicted octanol–water partition coefficient (Wildman–Crippen LogP) is 0.842. The van der Waals surface area contributed by atoms with Crippen molar-refractivity contribution >= 4 is 11.9 Å². The highest BCUT2D eigenvalue weighted by Gasteiger charge is 2.39. The van der Waals surface area contributed by atoms with Gasteiger partial charge >= 0.3 is 5.97 Å². The fraction of sp³-hybridized carbons (Fsp3) is 0.846. The van der Waals surface area contributed by atoms with E-state index in [1.807, 2.05) is 6.92 Å². The number of carbonyl (C=O) groups excluding carboxylic acids is 1. The van der Waals surface area contributed by atoms with Crippen LogP contribution in [0.5, 0.6) is 0 Å². The highest BCUT2D eigenvalue weighted by Crippen LogP contribution is 2.25. The van der Waals surface area contributed by atoms with Crippen molar-refractivity contribution in [2.24, 2.45) is 5.92 Å². The van der Waals surface area contributed by atoms with Gasteiger partial charge in [0, 0.05) is 13.1 Å². The molecule has 0 aromatic carbocycles. The van der Waals surface area contributed by atoms with Crippen molar-refractivity contribution < 1.29 is 14.7 Å². The zero-order chi connectivity index (χ0) is 13.2. The van der Waals surface area contributed by atoms with Gasteiger partial charge in [-0.05, 0) is 45.6 Å². The van der Waals surface area contributed by atoms with Crippen LogP contribution in [0.4, 0.5) is 0 Å². The second-order valence-corrected chi connectivity index (χ2v) is 5.64. The molecule has 2 rings (SSSR count). The van der Waals surface area contributed by atoms with Gasteiger partial charge in [-0.3, -0.25) is 9.59 Å². The molecule has 5 nitrogen and oxygen atoms in total. The standard InChI is InChI=1S/C13H22N2O3/c1-13(6-2-3-7-14-13)12(18)15-8-4-5-10(9-15)11(16)17/h10,14H,2-9H2,1H3,(H,16,17)/t10-,13?/m0/s1. The summed E-state index contributed by atoms with van der Waals surface area (Å²) in [6, 6.07) is 0. The number of hydrogen-bond acceptors (Lipinski definition) is 3. The molecular formula is C13H22N2O3. The molecule has 2 atom stereocenters. The van der Waals surface area contributed by atoms with Gasteiger partial charge in [0.1, 0.15) is 0 Å². The number of nitrogens with one attached hydrogen (secondary N) is 1. The monoisotopic (exact) mass is 254 g/mol. The summed E-state index contributed by atoms with van der Waals surface area (Å²) in [5.74, 6) is -1.10. The molecule has 0 aliphatic carbocycles. The van der Waals surface area contributed by atoms with Crippen LogP contribution in [0.25, 0.3) is 0 Å². The summed E-state index contributed by atoms with van der Waals surface area (Å²) in [6.07, 6.45) is 4.49. The normalized spacial score (nSPS) is 33.2. The summed E-state index contributed by atoms with van der Waals surface area (Å²) in [5.41, 5.74) is -0.487. The van der Waals surface area contributed by atoms with Crippen LogP contribution in [-0.4, -0.2) is 47.1 Å². The Morgan fingerprint density at radius 1 is 1.33 bits per heavy atom. The minimum atomic E-state index is -0.783. The van der Waals surface area contributed by atoms with Crippen LogP contribution in [0, 0.1) is 5.92 Å². The zero-order valence-electron chi connectivity index (χ0n) is 10.9. The first-order chi connectivity index (χ1) is 8.53. The third-order valence-corrected chi connectivity index (χ3v) is 4.15. The van der Waals surface area contributed by atoms with Gasteiger partial charge in [-0.2, -0.15) is 0 Å². The molecule has 2 N–H and O–H groups in total. The maximum Gasteiger partial charge on any atom is 0.308 e. The summed E-state index contributed by atoms with van der Waals surface area (Å²) < 4.78 is 0. The Hall–Kier alpha value is -1.10. The van der Waals surface area contributed by atoms with E-state index in [2.05, 4.69) is 5.32 Å². The molecule has 2 fully saturated rings. The van der Waals surface area contributed by atoms with Crippen molar-refractivity contribution in [3.05, 3.63) is 0 Å².